The third-order valence-corrected chi connectivity index (χ3v) is 2.83. The van der Waals surface area contributed by atoms with Crippen LogP contribution < -0.4 is 0 Å². The van der Waals surface area contributed by atoms with E-state index in [0.717, 1.165) is 11.1 Å². The first-order valence-electron chi connectivity index (χ1n) is 6.22. The number of nitrogens with zero attached hydrogens (tertiary/aromatic N) is 2. The molecule has 102 valence electrons. The molecule has 0 heterocycles. The van der Waals surface area contributed by atoms with Gasteiger partial charge >= 0.3 is 0 Å². The number of phenols is 2. The molecule has 0 aliphatic carbocycles. The van der Waals surface area contributed by atoms with Gasteiger partial charge < -0.3 is 10.2 Å². The maximum atomic E-state index is 9.70. The molecule has 0 aliphatic rings. The molecule has 4 nitrogen and oxygen atoms in total. The van der Waals surface area contributed by atoms with E-state index < -0.39 is 0 Å². The Morgan fingerprint density at radius 1 is 0.750 bits per heavy atom. The summed E-state index contributed by atoms with van der Waals surface area (Å²) in [6.07, 6.45) is 2.94. The van der Waals surface area contributed by atoms with E-state index in [0.29, 0.717) is 11.1 Å². The summed E-state index contributed by atoms with van der Waals surface area (Å²) in [5.74, 6) is 0.337. The number of phenolic OH excluding ortho intramolecular Hbond substituents is 2. The van der Waals surface area contributed by atoms with Crippen LogP contribution in [0.2, 0.25) is 0 Å². The van der Waals surface area contributed by atoms with Crippen LogP contribution in [0.4, 0.5) is 0 Å². The zero-order valence-electron chi connectivity index (χ0n) is 11.4. The Labute approximate surface area is 117 Å². The molecule has 2 aromatic carbocycles. The van der Waals surface area contributed by atoms with Crippen LogP contribution in [0.15, 0.2) is 46.6 Å². The summed E-state index contributed by atoms with van der Waals surface area (Å²) in [4.78, 5) is 0. The molecule has 0 aliphatic heterocycles. The molecule has 4 heteroatoms. The normalized spacial score (nSPS) is 11.5. The maximum absolute atomic E-state index is 9.70. The molecule has 0 amide bonds. The standard InChI is InChI=1S/C16H16N2O2/c1-11-3-5-13(15(19)7-11)9-17-18-10-14-6-4-12(2)8-16(14)20/h3-10,19-20H,1-2H3. The Hall–Kier alpha value is -2.62. The molecule has 0 bridgehead atoms. The van der Waals surface area contributed by atoms with Gasteiger partial charge in [-0.05, 0) is 49.2 Å². The van der Waals surface area contributed by atoms with E-state index in [4.69, 9.17) is 0 Å². The minimum Gasteiger partial charge on any atom is -0.507 e. The van der Waals surface area contributed by atoms with Crippen LogP contribution in [0.3, 0.4) is 0 Å². The van der Waals surface area contributed by atoms with Crippen molar-refractivity contribution >= 4 is 12.4 Å². The lowest BCUT2D eigenvalue weighted by molar-refractivity contribution is 0.473. The SMILES string of the molecule is Cc1ccc(C=NN=Cc2ccc(C)cc2O)c(O)c1. The van der Waals surface area contributed by atoms with Gasteiger partial charge in [-0.1, -0.05) is 12.1 Å². The average Bonchev–Trinajstić information content (AvgIpc) is 2.39. The molecule has 0 saturated heterocycles. The van der Waals surface area contributed by atoms with Crippen molar-refractivity contribution in [2.75, 3.05) is 0 Å². The fourth-order valence-electron chi connectivity index (χ4n) is 1.72. The Bertz CT molecular complexity index is 617. The van der Waals surface area contributed by atoms with Crippen LogP contribution in [-0.2, 0) is 0 Å². The summed E-state index contributed by atoms with van der Waals surface area (Å²) in [6, 6.07) is 10.6. The first-order chi connectivity index (χ1) is 9.56. The van der Waals surface area contributed by atoms with E-state index >= 15 is 0 Å². The fourth-order valence-corrected chi connectivity index (χ4v) is 1.72. The van der Waals surface area contributed by atoms with Crippen molar-refractivity contribution in [1.82, 2.24) is 0 Å². The van der Waals surface area contributed by atoms with Crippen LogP contribution in [0.5, 0.6) is 11.5 Å². The van der Waals surface area contributed by atoms with Gasteiger partial charge in [0.25, 0.3) is 0 Å². The number of aromatic hydroxyl groups is 2. The predicted octanol–water partition coefficient (Wildman–Crippen LogP) is 3.17. The van der Waals surface area contributed by atoms with Crippen molar-refractivity contribution in [3.63, 3.8) is 0 Å². The summed E-state index contributed by atoms with van der Waals surface area (Å²) >= 11 is 0. The Balaban J connectivity index is 2.11. The lowest BCUT2D eigenvalue weighted by Crippen LogP contribution is -1.85. The van der Waals surface area contributed by atoms with Crippen LogP contribution in [-0.4, -0.2) is 22.6 Å². The monoisotopic (exact) mass is 268 g/mol. The highest BCUT2D eigenvalue weighted by Gasteiger charge is 1.98. The summed E-state index contributed by atoms with van der Waals surface area (Å²) in [5, 5.41) is 27.1. The molecule has 0 saturated carbocycles. The molecule has 0 unspecified atom stereocenters. The van der Waals surface area contributed by atoms with E-state index in [9.17, 15) is 10.2 Å². The van der Waals surface area contributed by atoms with Crippen molar-refractivity contribution in [3.8, 4) is 11.5 Å². The van der Waals surface area contributed by atoms with Crippen LogP contribution in [0.1, 0.15) is 22.3 Å². The zero-order chi connectivity index (χ0) is 14.5. The van der Waals surface area contributed by atoms with Gasteiger partial charge in [-0.15, -0.1) is 0 Å². The van der Waals surface area contributed by atoms with Crippen molar-refractivity contribution in [2.45, 2.75) is 13.8 Å². The van der Waals surface area contributed by atoms with Crippen LogP contribution in [0.25, 0.3) is 0 Å². The summed E-state index contributed by atoms with van der Waals surface area (Å²) in [5.41, 5.74) is 3.15. The molecule has 0 spiro atoms. The highest BCUT2D eigenvalue weighted by molar-refractivity contribution is 5.86. The van der Waals surface area contributed by atoms with E-state index in [1.54, 1.807) is 24.3 Å². The topological polar surface area (TPSA) is 65.2 Å². The van der Waals surface area contributed by atoms with Gasteiger partial charge in [-0.25, -0.2) is 0 Å². The number of hydrogen-bond donors (Lipinski definition) is 2. The van der Waals surface area contributed by atoms with Crippen molar-refractivity contribution in [2.24, 2.45) is 10.2 Å². The number of hydrogen-bond acceptors (Lipinski definition) is 4. The second kappa shape index (κ2) is 6.02. The highest BCUT2D eigenvalue weighted by atomic mass is 16.3. The first-order valence-corrected chi connectivity index (χ1v) is 6.22. The number of aryl methyl sites for hydroxylation is 2. The zero-order valence-corrected chi connectivity index (χ0v) is 11.4. The number of benzene rings is 2. The minimum absolute atomic E-state index is 0.169. The molecule has 0 atom stereocenters. The lowest BCUT2D eigenvalue weighted by atomic mass is 10.1. The Morgan fingerprint density at radius 3 is 1.50 bits per heavy atom. The molecule has 2 N–H and O–H groups in total. The number of rotatable bonds is 3. The Kier molecular flexibility index (Phi) is 4.15. The van der Waals surface area contributed by atoms with Crippen molar-refractivity contribution < 1.29 is 10.2 Å². The van der Waals surface area contributed by atoms with E-state index in [2.05, 4.69) is 10.2 Å². The van der Waals surface area contributed by atoms with Crippen LogP contribution >= 0.6 is 0 Å². The quantitative estimate of drug-likeness (QED) is 0.663. The van der Waals surface area contributed by atoms with Gasteiger partial charge in [-0.2, -0.15) is 10.2 Å². The van der Waals surface area contributed by atoms with Crippen molar-refractivity contribution in [1.29, 1.82) is 0 Å². The maximum Gasteiger partial charge on any atom is 0.124 e. The average molecular weight is 268 g/mol. The molecule has 2 rings (SSSR count). The summed E-state index contributed by atoms with van der Waals surface area (Å²) in [7, 11) is 0. The Morgan fingerprint density at radius 2 is 1.15 bits per heavy atom. The summed E-state index contributed by atoms with van der Waals surface area (Å²) < 4.78 is 0. The molecule has 0 fully saturated rings. The molecular formula is C16H16N2O2. The second-order valence-electron chi connectivity index (χ2n) is 4.61. The van der Waals surface area contributed by atoms with E-state index in [1.807, 2.05) is 26.0 Å². The predicted molar refractivity (Wildman–Crippen MR) is 80.9 cm³/mol. The van der Waals surface area contributed by atoms with Gasteiger partial charge in [-0.3, -0.25) is 0 Å². The molecule has 0 radical (unpaired) electrons. The van der Waals surface area contributed by atoms with Gasteiger partial charge in [0.05, 0.1) is 12.4 Å². The van der Waals surface area contributed by atoms with E-state index in [-0.39, 0.29) is 11.5 Å². The van der Waals surface area contributed by atoms with Gasteiger partial charge in [0.2, 0.25) is 0 Å². The first kappa shape index (κ1) is 13.8. The fraction of sp³-hybridized carbons (Fsp3) is 0.125. The highest BCUT2D eigenvalue weighted by Crippen LogP contribution is 2.17. The third kappa shape index (κ3) is 3.45. The molecule has 0 aromatic heterocycles. The van der Waals surface area contributed by atoms with Crippen molar-refractivity contribution in [3.05, 3.63) is 58.7 Å². The largest absolute Gasteiger partial charge is 0.507 e. The minimum atomic E-state index is 0.169. The summed E-state index contributed by atoms with van der Waals surface area (Å²) in [6.45, 7) is 3.80. The molecule has 20 heavy (non-hydrogen) atoms. The third-order valence-electron chi connectivity index (χ3n) is 2.83. The molecule has 2 aromatic rings. The van der Waals surface area contributed by atoms with Gasteiger partial charge in [0, 0.05) is 11.1 Å². The van der Waals surface area contributed by atoms with Crippen LogP contribution in [0, 0.1) is 13.8 Å². The second-order valence-corrected chi connectivity index (χ2v) is 4.61. The van der Waals surface area contributed by atoms with Gasteiger partial charge in [0.1, 0.15) is 11.5 Å². The smallest absolute Gasteiger partial charge is 0.124 e. The lowest BCUT2D eigenvalue weighted by Gasteiger charge is -1.99. The van der Waals surface area contributed by atoms with Gasteiger partial charge in [0.15, 0.2) is 0 Å². The molecular weight excluding hydrogens is 252 g/mol. The van der Waals surface area contributed by atoms with E-state index in [1.165, 1.54) is 12.4 Å².